The summed E-state index contributed by atoms with van der Waals surface area (Å²) in [5.74, 6) is 0.926. The summed E-state index contributed by atoms with van der Waals surface area (Å²) in [5, 5.41) is 0. The van der Waals surface area contributed by atoms with Crippen molar-refractivity contribution in [1.82, 2.24) is 0 Å². The van der Waals surface area contributed by atoms with Crippen LogP contribution in [-0.4, -0.2) is 6.61 Å². The predicted molar refractivity (Wildman–Crippen MR) is 92.1 cm³/mol. The van der Waals surface area contributed by atoms with E-state index in [1.807, 2.05) is 31.2 Å². The van der Waals surface area contributed by atoms with Gasteiger partial charge in [0.25, 0.3) is 0 Å². The summed E-state index contributed by atoms with van der Waals surface area (Å²) in [5.41, 5.74) is 9.56. The van der Waals surface area contributed by atoms with Crippen LogP contribution in [-0.2, 0) is 0 Å². The zero-order chi connectivity index (χ0) is 14.4. The van der Waals surface area contributed by atoms with Gasteiger partial charge in [0.05, 0.1) is 6.61 Å². The van der Waals surface area contributed by atoms with Crippen molar-refractivity contribution < 1.29 is 4.74 Å². The second-order valence-corrected chi connectivity index (χ2v) is 5.11. The first kappa shape index (κ1) is 17.5. The Hall–Kier alpha value is -1.51. The zero-order valence-electron chi connectivity index (χ0n) is 12.7. The van der Waals surface area contributed by atoms with Gasteiger partial charge >= 0.3 is 0 Å². The molecule has 114 valence electrons. The number of hydrogen-bond acceptors (Lipinski definition) is 2. The molecule has 0 heterocycles. The maximum atomic E-state index is 6.06. The number of benzene rings is 2. The van der Waals surface area contributed by atoms with Crippen LogP contribution in [0, 0.1) is 0 Å². The van der Waals surface area contributed by atoms with Gasteiger partial charge in [0, 0.05) is 6.04 Å². The normalized spacial score (nSPS) is 11.6. The van der Waals surface area contributed by atoms with E-state index in [-0.39, 0.29) is 18.4 Å². The minimum Gasteiger partial charge on any atom is -0.494 e. The molecule has 0 aliphatic carbocycles. The van der Waals surface area contributed by atoms with Gasteiger partial charge in [0.15, 0.2) is 0 Å². The van der Waals surface area contributed by atoms with Crippen molar-refractivity contribution in [2.75, 3.05) is 6.61 Å². The Labute approximate surface area is 133 Å². The quantitative estimate of drug-likeness (QED) is 0.764. The Morgan fingerprint density at radius 1 is 1.10 bits per heavy atom. The van der Waals surface area contributed by atoms with Gasteiger partial charge in [-0.15, -0.1) is 12.4 Å². The van der Waals surface area contributed by atoms with Gasteiger partial charge in [-0.1, -0.05) is 49.7 Å². The Bertz CT molecular complexity index is 554. The summed E-state index contributed by atoms with van der Waals surface area (Å²) >= 11 is 0. The first-order valence-electron chi connectivity index (χ1n) is 7.30. The highest BCUT2D eigenvalue weighted by Crippen LogP contribution is 2.29. The molecule has 3 heteroatoms. The van der Waals surface area contributed by atoms with Crippen LogP contribution in [0.3, 0.4) is 0 Å². The Balaban J connectivity index is 0.00000220. The molecule has 21 heavy (non-hydrogen) atoms. The van der Waals surface area contributed by atoms with Gasteiger partial charge in [0.1, 0.15) is 5.75 Å². The lowest BCUT2D eigenvalue weighted by molar-refractivity contribution is 0.309. The van der Waals surface area contributed by atoms with Crippen molar-refractivity contribution >= 4 is 12.4 Å². The summed E-state index contributed by atoms with van der Waals surface area (Å²) in [6, 6.07) is 16.5. The highest BCUT2D eigenvalue weighted by atomic mass is 35.5. The Morgan fingerprint density at radius 2 is 1.86 bits per heavy atom. The standard InChI is InChI=1S/C18H23NO.ClH/c1-3-4-12-20-16-9-7-8-15(13-16)18-11-6-5-10-17(18)14(2)19;/h5-11,13-14H,3-4,12,19H2,1-2H3;1H. The van der Waals surface area contributed by atoms with Gasteiger partial charge in [-0.2, -0.15) is 0 Å². The van der Waals surface area contributed by atoms with Crippen LogP contribution in [0.5, 0.6) is 5.75 Å². The van der Waals surface area contributed by atoms with Gasteiger partial charge in [-0.3, -0.25) is 0 Å². The van der Waals surface area contributed by atoms with Gasteiger partial charge in [-0.25, -0.2) is 0 Å². The van der Waals surface area contributed by atoms with Crippen molar-refractivity contribution in [2.24, 2.45) is 5.73 Å². The number of ether oxygens (including phenoxy) is 1. The molecule has 2 aromatic carbocycles. The highest BCUT2D eigenvalue weighted by molar-refractivity contribution is 5.85. The van der Waals surface area contributed by atoms with Gasteiger partial charge in [-0.05, 0) is 42.2 Å². The molecule has 2 N–H and O–H groups in total. The molecule has 2 rings (SSSR count). The summed E-state index contributed by atoms with van der Waals surface area (Å²) < 4.78 is 5.78. The summed E-state index contributed by atoms with van der Waals surface area (Å²) in [7, 11) is 0. The minimum absolute atomic E-state index is 0. The van der Waals surface area contributed by atoms with E-state index in [0.29, 0.717) is 0 Å². The second kappa shape index (κ2) is 8.71. The van der Waals surface area contributed by atoms with E-state index in [0.717, 1.165) is 30.8 Å². The van der Waals surface area contributed by atoms with Crippen LogP contribution < -0.4 is 10.5 Å². The van der Waals surface area contributed by atoms with Crippen LogP contribution in [0.4, 0.5) is 0 Å². The second-order valence-electron chi connectivity index (χ2n) is 5.11. The van der Waals surface area contributed by atoms with E-state index >= 15 is 0 Å². The molecule has 0 spiro atoms. The van der Waals surface area contributed by atoms with E-state index in [1.54, 1.807) is 0 Å². The molecule has 0 aromatic heterocycles. The van der Waals surface area contributed by atoms with Crippen LogP contribution in [0.15, 0.2) is 48.5 Å². The van der Waals surface area contributed by atoms with Crippen LogP contribution in [0.1, 0.15) is 38.3 Å². The molecule has 0 amide bonds. The molecule has 1 unspecified atom stereocenters. The molecule has 0 aliphatic rings. The first-order valence-corrected chi connectivity index (χ1v) is 7.30. The number of unbranched alkanes of at least 4 members (excludes halogenated alkanes) is 1. The van der Waals surface area contributed by atoms with E-state index in [1.165, 1.54) is 11.1 Å². The summed E-state index contributed by atoms with van der Waals surface area (Å²) in [6.07, 6.45) is 2.23. The molecule has 0 saturated heterocycles. The summed E-state index contributed by atoms with van der Waals surface area (Å²) in [4.78, 5) is 0. The number of halogens is 1. The molecule has 2 aromatic rings. The lowest BCUT2D eigenvalue weighted by Gasteiger charge is -2.14. The lowest BCUT2D eigenvalue weighted by atomic mass is 9.96. The molecule has 0 fully saturated rings. The fourth-order valence-electron chi connectivity index (χ4n) is 2.24. The molecule has 2 nitrogen and oxygen atoms in total. The smallest absolute Gasteiger partial charge is 0.119 e. The number of nitrogens with two attached hydrogens (primary N) is 1. The maximum absolute atomic E-state index is 6.06. The molecule has 0 saturated carbocycles. The van der Waals surface area contributed by atoms with Crippen molar-refractivity contribution in [3.05, 3.63) is 54.1 Å². The zero-order valence-corrected chi connectivity index (χ0v) is 13.5. The molecule has 0 radical (unpaired) electrons. The van der Waals surface area contributed by atoms with Crippen LogP contribution >= 0.6 is 12.4 Å². The van der Waals surface area contributed by atoms with Crippen molar-refractivity contribution in [2.45, 2.75) is 32.7 Å². The van der Waals surface area contributed by atoms with Crippen molar-refractivity contribution in [3.8, 4) is 16.9 Å². The minimum atomic E-state index is 0. The monoisotopic (exact) mass is 305 g/mol. The highest BCUT2D eigenvalue weighted by Gasteiger charge is 2.08. The summed E-state index contributed by atoms with van der Waals surface area (Å²) in [6.45, 7) is 4.95. The van der Waals surface area contributed by atoms with Crippen LogP contribution in [0.25, 0.3) is 11.1 Å². The Kier molecular flexibility index (Phi) is 7.27. The fraction of sp³-hybridized carbons (Fsp3) is 0.333. The SMILES string of the molecule is CCCCOc1cccc(-c2ccccc2C(C)N)c1.Cl. The van der Waals surface area contributed by atoms with E-state index < -0.39 is 0 Å². The van der Waals surface area contributed by atoms with Gasteiger partial charge in [0.2, 0.25) is 0 Å². The third kappa shape index (κ3) is 4.76. The molecular weight excluding hydrogens is 282 g/mol. The number of rotatable bonds is 6. The first-order chi connectivity index (χ1) is 9.72. The third-order valence-electron chi connectivity index (χ3n) is 3.36. The average molecular weight is 306 g/mol. The van der Waals surface area contributed by atoms with Crippen molar-refractivity contribution in [3.63, 3.8) is 0 Å². The van der Waals surface area contributed by atoms with Crippen LogP contribution in [0.2, 0.25) is 0 Å². The van der Waals surface area contributed by atoms with Crippen molar-refractivity contribution in [1.29, 1.82) is 0 Å². The van der Waals surface area contributed by atoms with E-state index in [2.05, 4.69) is 31.2 Å². The molecule has 1 atom stereocenters. The molecule has 0 bridgehead atoms. The maximum Gasteiger partial charge on any atom is 0.119 e. The molecule has 0 aliphatic heterocycles. The Morgan fingerprint density at radius 3 is 2.57 bits per heavy atom. The number of hydrogen-bond donors (Lipinski definition) is 1. The van der Waals surface area contributed by atoms with Gasteiger partial charge < -0.3 is 10.5 Å². The van der Waals surface area contributed by atoms with E-state index in [4.69, 9.17) is 10.5 Å². The lowest BCUT2D eigenvalue weighted by Crippen LogP contribution is -2.06. The fourth-order valence-corrected chi connectivity index (χ4v) is 2.24. The topological polar surface area (TPSA) is 35.2 Å². The third-order valence-corrected chi connectivity index (χ3v) is 3.36. The predicted octanol–water partition coefficient (Wildman–Crippen LogP) is 4.97. The molecular formula is C18H24ClNO. The largest absolute Gasteiger partial charge is 0.494 e. The average Bonchev–Trinajstić information content (AvgIpc) is 2.48. The van der Waals surface area contributed by atoms with E-state index in [9.17, 15) is 0 Å².